The third-order valence-corrected chi connectivity index (χ3v) is 9.15. The largest absolute Gasteiger partial charge is 0.508 e. The van der Waals surface area contributed by atoms with Gasteiger partial charge in [0.15, 0.2) is 11.6 Å². The van der Waals surface area contributed by atoms with E-state index in [0.717, 1.165) is 0 Å². The molecular weight excluding hydrogens is 598 g/mol. The van der Waals surface area contributed by atoms with E-state index in [1.54, 1.807) is 70.2 Å². The lowest BCUT2D eigenvalue weighted by Crippen LogP contribution is -2.30. The predicted molar refractivity (Wildman–Crippen MR) is 165 cm³/mol. The van der Waals surface area contributed by atoms with Crippen LogP contribution < -0.4 is 0 Å². The minimum atomic E-state index is -3.81. The summed E-state index contributed by atoms with van der Waals surface area (Å²) in [5.74, 6) is -0.00145. The smallest absolute Gasteiger partial charge is 0.243 e. The van der Waals surface area contributed by atoms with Gasteiger partial charge in [0.1, 0.15) is 11.5 Å². The van der Waals surface area contributed by atoms with Crippen molar-refractivity contribution in [3.63, 3.8) is 0 Å². The third kappa shape index (κ3) is 6.61. The molecule has 0 bridgehead atoms. The first-order valence-electron chi connectivity index (χ1n) is 14.0. The highest BCUT2D eigenvalue weighted by molar-refractivity contribution is 7.89. The summed E-state index contributed by atoms with van der Waals surface area (Å²) in [6, 6.07) is 16.3. The van der Waals surface area contributed by atoms with Gasteiger partial charge in [-0.05, 0) is 99.9 Å². The number of rotatable bonds is 11. The van der Waals surface area contributed by atoms with Gasteiger partial charge in [-0.1, -0.05) is 26.0 Å². The SMILES string of the molecule is CCN(CC)S(=O)(=O)c1cccc(C(c2cc(/C=N/n3nnnc3C)ccc2O)c2cc(/C=N/n3nnnc3C)ccc2O)c1. The Morgan fingerprint density at radius 2 is 1.31 bits per heavy atom. The minimum Gasteiger partial charge on any atom is -0.508 e. The van der Waals surface area contributed by atoms with Crippen molar-refractivity contribution in [2.24, 2.45) is 10.2 Å². The quantitative estimate of drug-likeness (QED) is 0.162. The van der Waals surface area contributed by atoms with Crippen molar-refractivity contribution in [1.29, 1.82) is 0 Å². The predicted octanol–water partition coefficient (Wildman–Crippen LogP) is 2.66. The number of aryl methyl sites for hydroxylation is 2. The van der Waals surface area contributed by atoms with Gasteiger partial charge in [-0.25, -0.2) is 8.42 Å². The molecule has 0 spiro atoms. The molecule has 2 N–H and O–H groups in total. The first-order chi connectivity index (χ1) is 21.6. The Labute approximate surface area is 259 Å². The lowest BCUT2D eigenvalue weighted by atomic mass is 9.83. The van der Waals surface area contributed by atoms with Crippen molar-refractivity contribution in [2.45, 2.75) is 38.5 Å². The summed E-state index contributed by atoms with van der Waals surface area (Å²) in [7, 11) is -3.81. The molecule has 0 radical (unpaired) electrons. The van der Waals surface area contributed by atoms with Crippen LogP contribution in [0, 0.1) is 13.8 Å². The molecule has 0 atom stereocenters. The van der Waals surface area contributed by atoms with Gasteiger partial charge in [-0.15, -0.1) is 19.8 Å². The number of hydrogen-bond donors (Lipinski definition) is 2. The standard InChI is InChI=1S/C29H31N11O4S/c1-5-38(6-2)45(43,44)24-9-7-8-23(16-24)29(25-14-21(10-12-27(25)41)17-30-39-19(3)32-34-36-39)26-15-22(11-13-28(26)42)18-31-40-20(4)33-35-37-40/h7-18,29,41-42H,5-6H2,1-4H3/b30-17+,31-18+. The molecule has 0 aliphatic carbocycles. The highest BCUT2D eigenvalue weighted by atomic mass is 32.2. The summed E-state index contributed by atoms with van der Waals surface area (Å²) in [5.41, 5.74) is 2.50. The molecule has 0 saturated carbocycles. The Kier molecular flexibility index (Phi) is 9.06. The zero-order chi connectivity index (χ0) is 32.1. The lowest BCUT2D eigenvalue weighted by Gasteiger charge is -2.23. The molecule has 0 saturated heterocycles. The zero-order valence-corrected chi connectivity index (χ0v) is 25.8. The van der Waals surface area contributed by atoms with Gasteiger partial charge in [-0.3, -0.25) is 0 Å². The molecule has 16 heteroatoms. The number of phenols is 2. The average molecular weight is 630 g/mol. The van der Waals surface area contributed by atoms with Crippen LogP contribution in [0.2, 0.25) is 0 Å². The van der Waals surface area contributed by atoms with Gasteiger partial charge in [0.05, 0.1) is 17.3 Å². The molecule has 3 aromatic carbocycles. The zero-order valence-electron chi connectivity index (χ0n) is 25.0. The molecule has 0 fully saturated rings. The summed E-state index contributed by atoms with van der Waals surface area (Å²) < 4.78 is 28.3. The summed E-state index contributed by atoms with van der Waals surface area (Å²) in [6.07, 6.45) is 3.06. The van der Waals surface area contributed by atoms with E-state index >= 15 is 0 Å². The highest BCUT2D eigenvalue weighted by Gasteiger charge is 2.27. The van der Waals surface area contributed by atoms with Crippen molar-refractivity contribution in [3.05, 3.63) is 100 Å². The van der Waals surface area contributed by atoms with Gasteiger partial charge in [0.2, 0.25) is 10.0 Å². The molecule has 0 amide bonds. The van der Waals surface area contributed by atoms with Gasteiger partial charge >= 0.3 is 0 Å². The number of hydrogen-bond acceptors (Lipinski definition) is 12. The first-order valence-corrected chi connectivity index (χ1v) is 15.4. The van der Waals surface area contributed by atoms with Crippen LogP contribution in [-0.2, 0) is 10.0 Å². The normalized spacial score (nSPS) is 12.3. The fourth-order valence-corrected chi connectivity index (χ4v) is 6.29. The Morgan fingerprint density at radius 3 is 1.76 bits per heavy atom. The molecule has 5 rings (SSSR count). The van der Waals surface area contributed by atoms with E-state index in [4.69, 9.17) is 0 Å². The number of aromatic hydroxyl groups is 2. The number of tetrazole rings is 2. The van der Waals surface area contributed by atoms with E-state index in [1.165, 1.54) is 44.5 Å². The van der Waals surface area contributed by atoms with E-state index < -0.39 is 15.9 Å². The molecule has 2 heterocycles. The van der Waals surface area contributed by atoms with Gasteiger partial charge < -0.3 is 10.2 Å². The Morgan fingerprint density at radius 1 is 0.800 bits per heavy atom. The number of nitrogens with zero attached hydrogens (tertiary/aromatic N) is 11. The van der Waals surface area contributed by atoms with Gasteiger partial charge in [0, 0.05) is 30.1 Å². The maximum atomic E-state index is 13.5. The fourth-order valence-electron chi connectivity index (χ4n) is 4.77. The Bertz CT molecular complexity index is 1880. The van der Waals surface area contributed by atoms with Crippen molar-refractivity contribution in [1.82, 2.24) is 44.9 Å². The van der Waals surface area contributed by atoms with Crippen molar-refractivity contribution >= 4 is 22.5 Å². The van der Waals surface area contributed by atoms with Crippen LogP contribution in [0.1, 0.15) is 59.2 Å². The van der Waals surface area contributed by atoms with Crippen LogP contribution in [0.5, 0.6) is 11.5 Å². The van der Waals surface area contributed by atoms with E-state index in [-0.39, 0.29) is 16.4 Å². The maximum absolute atomic E-state index is 13.5. The van der Waals surface area contributed by atoms with Crippen LogP contribution in [-0.4, -0.2) is 89.1 Å². The first kappa shape index (κ1) is 31.1. The van der Waals surface area contributed by atoms with Gasteiger partial charge in [0.25, 0.3) is 0 Å². The Hall–Kier alpha value is -5.35. The van der Waals surface area contributed by atoms with E-state index in [2.05, 4.69) is 41.3 Å². The fraction of sp³-hybridized carbons (Fsp3) is 0.241. The van der Waals surface area contributed by atoms with Crippen LogP contribution in [0.15, 0.2) is 75.8 Å². The third-order valence-electron chi connectivity index (χ3n) is 7.10. The molecule has 0 aliphatic heterocycles. The lowest BCUT2D eigenvalue weighted by molar-refractivity contribution is 0.445. The van der Waals surface area contributed by atoms with E-state index in [0.29, 0.717) is 52.6 Å². The van der Waals surface area contributed by atoms with E-state index in [9.17, 15) is 18.6 Å². The molecular formula is C29H31N11O4S. The molecule has 5 aromatic rings. The van der Waals surface area contributed by atoms with E-state index in [1.807, 2.05) is 0 Å². The summed E-state index contributed by atoms with van der Waals surface area (Å²) >= 11 is 0. The van der Waals surface area contributed by atoms with Gasteiger partial charge in [-0.2, -0.15) is 14.5 Å². The van der Waals surface area contributed by atoms with Crippen LogP contribution in [0.25, 0.3) is 0 Å². The maximum Gasteiger partial charge on any atom is 0.243 e. The van der Waals surface area contributed by atoms with Crippen molar-refractivity contribution in [3.8, 4) is 11.5 Å². The Balaban J connectivity index is 1.67. The number of sulfonamides is 1. The summed E-state index contributed by atoms with van der Waals surface area (Å²) in [4.78, 5) is 2.60. The second kappa shape index (κ2) is 13.1. The monoisotopic (exact) mass is 629 g/mol. The minimum absolute atomic E-state index is 0.0736. The summed E-state index contributed by atoms with van der Waals surface area (Å²) in [5, 5.41) is 53.4. The number of benzene rings is 3. The average Bonchev–Trinajstić information content (AvgIpc) is 3.65. The topological polar surface area (TPSA) is 190 Å². The van der Waals surface area contributed by atoms with Crippen LogP contribution in [0.3, 0.4) is 0 Å². The van der Waals surface area contributed by atoms with Crippen LogP contribution >= 0.6 is 0 Å². The molecule has 45 heavy (non-hydrogen) atoms. The van der Waals surface area contributed by atoms with Crippen molar-refractivity contribution in [2.75, 3.05) is 13.1 Å². The second-order valence-electron chi connectivity index (χ2n) is 9.95. The molecule has 15 nitrogen and oxygen atoms in total. The number of aromatic nitrogens is 8. The molecule has 232 valence electrons. The van der Waals surface area contributed by atoms with Crippen molar-refractivity contribution < 1.29 is 18.6 Å². The molecule has 0 unspecified atom stereocenters. The van der Waals surface area contributed by atoms with Crippen LogP contribution in [0.4, 0.5) is 0 Å². The summed E-state index contributed by atoms with van der Waals surface area (Å²) in [6.45, 7) is 7.56. The second-order valence-corrected chi connectivity index (χ2v) is 11.9. The highest BCUT2D eigenvalue weighted by Crippen LogP contribution is 2.41. The number of phenolic OH excluding ortho intramolecular Hbond substituents is 2. The molecule has 2 aromatic heterocycles. The molecule has 0 aliphatic rings.